The molecule has 0 aliphatic heterocycles. The van der Waals surface area contributed by atoms with Crippen LogP contribution in [0.25, 0.3) is 11.0 Å². The summed E-state index contributed by atoms with van der Waals surface area (Å²) >= 11 is 0. The average molecular weight is 300 g/mol. The molecular weight excluding hydrogens is 276 g/mol. The molecule has 1 fully saturated rings. The number of benzene rings is 1. The summed E-state index contributed by atoms with van der Waals surface area (Å²) in [5, 5.41) is 5.97. The highest BCUT2D eigenvalue weighted by atomic mass is 16.2. The normalized spacial score (nSPS) is 15.6. The van der Waals surface area contributed by atoms with Gasteiger partial charge < -0.3 is 15.2 Å². The van der Waals surface area contributed by atoms with Gasteiger partial charge in [-0.25, -0.2) is 9.78 Å². The van der Waals surface area contributed by atoms with Gasteiger partial charge in [-0.3, -0.25) is 0 Å². The Morgan fingerprint density at radius 3 is 2.86 bits per heavy atom. The second-order valence-corrected chi connectivity index (χ2v) is 6.38. The smallest absolute Gasteiger partial charge is 0.315 e. The van der Waals surface area contributed by atoms with E-state index in [0.29, 0.717) is 18.6 Å². The number of carbonyl (C=O) groups excluding carboxylic acids is 1. The molecule has 1 aliphatic carbocycles. The fraction of sp³-hybridized carbons (Fsp3) is 0.529. The molecule has 0 spiro atoms. The first-order valence-electron chi connectivity index (χ1n) is 8.13. The summed E-state index contributed by atoms with van der Waals surface area (Å²) in [6.07, 6.45) is 6.53. The van der Waals surface area contributed by atoms with Crippen LogP contribution in [0.2, 0.25) is 0 Å². The third-order valence-electron chi connectivity index (χ3n) is 4.34. The molecule has 2 amide bonds. The van der Waals surface area contributed by atoms with Gasteiger partial charge in [0.15, 0.2) is 0 Å². The molecule has 0 radical (unpaired) electrons. The molecule has 3 rings (SSSR count). The highest BCUT2D eigenvalue weighted by Crippen LogP contribution is 2.19. The maximum absolute atomic E-state index is 11.9. The van der Waals surface area contributed by atoms with Gasteiger partial charge in [0.2, 0.25) is 0 Å². The van der Waals surface area contributed by atoms with E-state index in [1.165, 1.54) is 12.8 Å². The van der Waals surface area contributed by atoms with Gasteiger partial charge in [-0.15, -0.1) is 0 Å². The number of imidazole rings is 1. The highest BCUT2D eigenvalue weighted by molar-refractivity contribution is 5.77. The predicted molar refractivity (Wildman–Crippen MR) is 87.7 cm³/mol. The number of carbonyl (C=O) groups is 1. The Morgan fingerprint density at radius 1 is 1.36 bits per heavy atom. The van der Waals surface area contributed by atoms with Crippen molar-refractivity contribution < 1.29 is 4.79 Å². The summed E-state index contributed by atoms with van der Waals surface area (Å²) in [5.74, 6) is 0. The molecule has 22 heavy (non-hydrogen) atoms. The molecule has 2 N–H and O–H groups in total. The van der Waals surface area contributed by atoms with Crippen molar-refractivity contribution in [3.8, 4) is 0 Å². The van der Waals surface area contributed by atoms with Gasteiger partial charge in [0, 0.05) is 18.6 Å². The molecule has 1 heterocycles. The van der Waals surface area contributed by atoms with Gasteiger partial charge in [0.1, 0.15) is 0 Å². The van der Waals surface area contributed by atoms with Crippen LogP contribution in [-0.4, -0.2) is 21.6 Å². The molecule has 0 atom stereocenters. The number of urea groups is 1. The number of rotatable bonds is 4. The van der Waals surface area contributed by atoms with E-state index in [1.807, 2.05) is 12.4 Å². The van der Waals surface area contributed by atoms with E-state index in [4.69, 9.17) is 0 Å². The second kappa shape index (κ2) is 6.38. The minimum absolute atomic E-state index is 0.0697. The van der Waals surface area contributed by atoms with Crippen molar-refractivity contribution >= 4 is 17.1 Å². The number of nitrogens with zero attached hydrogens (tertiary/aromatic N) is 2. The molecule has 1 aromatic heterocycles. The molecular formula is C17H24N4O. The number of fused-ring (bicyclic) bond motifs is 1. The molecule has 2 aromatic rings. The number of aromatic nitrogens is 2. The van der Waals surface area contributed by atoms with Crippen molar-refractivity contribution in [2.75, 3.05) is 0 Å². The summed E-state index contributed by atoms with van der Waals surface area (Å²) in [6, 6.07) is 6.85. The number of hydrogen-bond acceptors (Lipinski definition) is 2. The van der Waals surface area contributed by atoms with Crippen LogP contribution in [-0.2, 0) is 6.54 Å². The largest absolute Gasteiger partial charge is 0.335 e. The molecule has 0 unspecified atom stereocenters. The van der Waals surface area contributed by atoms with E-state index in [-0.39, 0.29) is 6.03 Å². The summed E-state index contributed by atoms with van der Waals surface area (Å²) in [6.45, 7) is 4.82. The van der Waals surface area contributed by atoms with Gasteiger partial charge in [-0.2, -0.15) is 0 Å². The molecule has 1 aliphatic rings. The Labute approximate surface area is 131 Å². The highest BCUT2D eigenvalue weighted by Gasteiger charge is 2.16. The van der Waals surface area contributed by atoms with Crippen LogP contribution in [0.4, 0.5) is 4.79 Å². The molecule has 0 bridgehead atoms. The van der Waals surface area contributed by atoms with Crippen molar-refractivity contribution in [1.29, 1.82) is 0 Å². The fourth-order valence-corrected chi connectivity index (χ4v) is 3.09. The molecule has 5 nitrogen and oxygen atoms in total. The third kappa shape index (κ3) is 3.24. The zero-order valence-electron chi connectivity index (χ0n) is 13.3. The summed E-state index contributed by atoms with van der Waals surface area (Å²) in [4.78, 5) is 16.3. The molecule has 5 heteroatoms. The monoisotopic (exact) mass is 300 g/mol. The SMILES string of the molecule is CC(C)n1cnc2cc(CNC(=O)NC3CCCC3)ccc21. The Kier molecular flexibility index (Phi) is 4.32. The van der Waals surface area contributed by atoms with Crippen LogP contribution in [0, 0.1) is 0 Å². The van der Waals surface area contributed by atoms with E-state index in [1.54, 1.807) is 0 Å². The van der Waals surface area contributed by atoms with Crippen LogP contribution in [0.15, 0.2) is 24.5 Å². The average Bonchev–Trinajstić information content (AvgIpc) is 3.13. The Hall–Kier alpha value is -2.04. The maximum atomic E-state index is 11.9. The van der Waals surface area contributed by atoms with E-state index >= 15 is 0 Å². The minimum atomic E-state index is -0.0697. The van der Waals surface area contributed by atoms with Crippen LogP contribution >= 0.6 is 0 Å². The van der Waals surface area contributed by atoms with Crippen molar-refractivity contribution in [3.05, 3.63) is 30.1 Å². The first-order chi connectivity index (χ1) is 10.6. The Bertz CT molecular complexity index is 656. The summed E-state index contributed by atoms with van der Waals surface area (Å²) in [5.41, 5.74) is 3.18. The van der Waals surface area contributed by atoms with Crippen LogP contribution in [0.3, 0.4) is 0 Å². The number of hydrogen-bond donors (Lipinski definition) is 2. The van der Waals surface area contributed by atoms with Crippen molar-refractivity contribution in [2.24, 2.45) is 0 Å². The zero-order valence-corrected chi connectivity index (χ0v) is 13.3. The molecule has 1 saturated carbocycles. The van der Waals surface area contributed by atoms with Gasteiger partial charge >= 0.3 is 6.03 Å². The topological polar surface area (TPSA) is 59.0 Å². The van der Waals surface area contributed by atoms with Gasteiger partial charge in [-0.1, -0.05) is 18.9 Å². The first kappa shape index (κ1) is 14.9. The van der Waals surface area contributed by atoms with E-state index in [0.717, 1.165) is 29.4 Å². The first-order valence-corrected chi connectivity index (χ1v) is 8.13. The van der Waals surface area contributed by atoms with E-state index < -0.39 is 0 Å². The van der Waals surface area contributed by atoms with Crippen LogP contribution in [0.5, 0.6) is 0 Å². The van der Waals surface area contributed by atoms with E-state index in [9.17, 15) is 4.79 Å². The Morgan fingerprint density at radius 2 is 2.14 bits per heavy atom. The van der Waals surface area contributed by atoms with Gasteiger partial charge in [0.25, 0.3) is 0 Å². The van der Waals surface area contributed by atoms with Crippen molar-refractivity contribution in [3.63, 3.8) is 0 Å². The summed E-state index contributed by atoms with van der Waals surface area (Å²) in [7, 11) is 0. The zero-order chi connectivity index (χ0) is 15.5. The lowest BCUT2D eigenvalue weighted by atomic mass is 10.2. The lowest BCUT2D eigenvalue weighted by Gasteiger charge is -2.13. The van der Waals surface area contributed by atoms with Crippen molar-refractivity contribution in [1.82, 2.24) is 20.2 Å². The van der Waals surface area contributed by atoms with Gasteiger partial charge in [0.05, 0.1) is 17.4 Å². The maximum Gasteiger partial charge on any atom is 0.315 e. The standard InChI is InChI=1S/C17H24N4O/c1-12(2)21-11-19-15-9-13(7-8-16(15)21)10-18-17(22)20-14-5-3-4-6-14/h7-9,11-12,14H,3-6,10H2,1-2H3,(H2,18,20,22). The lowest BCUT2D eigenvalue weighted by Crippen LogP contribution is -2.40. The van der Waals surface area contributed by atoms with E-state index in [2.05, 4.69) is 46.2 Å². The quantitative estimate of drug-likeness (QED) is 0.909. The fourth-order valence-electron chi connectivity index (χ4n) is 3.09. The second-order valence-electron chi connectivity index (χ2n) is 6.38. The van der Waals surface area contributed by atoms with Gasteiger partial charge in [-0.05, 0) is 44.4 Å². The van der Waals surface area contributed by atoms with Crippen LogP contribution < -0.4 is 10.6 Å². The lowest BCUT2D eigenvalue weighted by molar-refractivity contribution is 0.236. The van der Waals surface area contributed by atoms with Crippen LogP contribution in [0.1, 0.15) is 51.1 Å². The Balaban J connectivity index is 1.60. The number of amides is 2. The molecule has 118 valence electrons. The third-order valence-corrected chi connectivity index (χ3v) is 4.34. The van der Waals surface area contributed by atoms with Crippen molar-refractivity contribution in [2.45, 2.75) is 58.2 Å². The molecule has 1 aromatic carbocycles. The summed E-state index contributed by atoms with van der Waals surface area (Å²) < 4.78 is 2.15. The molecule has 0 saturated heterocycles. The number of nitrogens with one attached hydrogen (secondary N) is 2. The minimum Gasteiger partial charge on any atom is -0.335 e. The predicted octanol–water partition coefficient (Wildman–Crippen LogP) is 3.36.